The fourth-order valence-corrected chi connectivity index (χ4v) is 1.59. The molecule has 2 amide bonds. The predicted molar refractivity (Wildman–Crippen MR) is 73.0 cm³/mol. The van der Waals surface area contributed by atoms with Crippen LogP contribution < -0.4 is 10.6 Å². The van der Waals surface area contributed by atoms with Gasteiger partial charge >= 0.3 is 11.8 Å². The highest BCUT2D eigenvalue weighted by atomic mass is 35.5. The van der Waals surface area contributed by atoms with Gasteiger partial charge in [-0.05, 0) is 18.6 Å². The summed E-state index contributed by atoms with van der Waals surface area (Å²) in [6.07, 6.45) is 1.78. The smallest absolute Gasteiger partial charge is 0.313 e. The molecule has 0 saturated carbocycles. The zero-order valence-corrected chi connectivity index (χ0v) is 11.4. The number of hydrogen-bond donors (Lipinski definition) is 2. The lowest BCUT2D eigenvalue weighted by molar-refractivity contribution is -0.136. The number of benzene rings is 1. The third-order valence-corrected chi connectivity index (χ3v) is 3.04. The lowest BCUT2D eigenvalue weighted by atomic mass is 10.3. The third-order valence-electron chi connectivity index (χ3n) is 2.22. The van der Waals surface area contributed by atoms with Crippen LogP contribution in [0.3, 0.4) is 0 Å². The van der Waals surface area contributed by atoms with Gasteiger partial charge in [0.15, 0.2) is 0 Å². The summed E-state index contributed by atoms with van der Waals surface area (Å²) in [5.41, 5.74) is 0.319. The lowest BCUT2D eigenvalue weighted by Crippen LogP contribution is -2.35. The van der Waals surface area contributed by atoms with Gasteiger partial charge in [-0.15, -0.1) is 0 Å². The normalized spacial score (nSPS) is 9.94. The predicted octanol–water partition coefficient (Wildman–Crippen LogP) is 2.85. The van der Waals surface area contributed by atoms with Crippen LogP contribution in [0.2, 0.25) is 10.0 Å². The summed E-state index contributed by atoms with van der Waals surface area (Å²) in [6.45, 7) is 2.48. The molecule has 0 spiro atoms. The van der Waals surface area contributed by atoms with Crippen molar-refractivity contribution in [3.63, 3.8) is 0 Å². The molecule has 0 atom stereocenters. The molecule has 1 aromatic rings. The monoisotopic (exact) mass is 288 g/mol. The van der Waals surface area contributed by atoms with E-state index in [1.807, 2.05) is 6.92 Å². The molecular formula is C12H14Cl2N2O2. The Kier molecular flexibility index (Phi) is 5.95. The van der Waals surface area contributed by atoms with E-state index in [1.165, 1.54) is 0 Å². The minimum Gasteiger partial charge on any atom is -0.348 e. The van der Waals surface area contributed by atoms with Crippen LogP contribution in [-0.2, 0) is 9.59 Å². The van der Waals surface area contributed by atoms with Crippen LogP contribution in [0, 0.1) is 0 Å². The highest BCUT2D eigenvalue weighted by Crippen LogP contribution is 2.29. The van der Waals surface area contributed by atoms with Gasteiger partial charge in [-0.1, -0.05) is 42.6 Å². The number of carbonyl (C=O) groups excluding carboxylic acids is 2. The van der Waals surface area contributed by atoms with E-state index in [4.69, 9.17) is 23.2 Å². The second-order valence-electron chi connectivity index (χ2n) is 3.66. The molecule has 18 heavy (non-hydrogen) atoms. The number of hydrogen-bond acceptors (Lipinski definition) is 2. The average molecular weight is 289 g/mol. The summed E-state index contributed by atoms with van der Waals surface area (Å²) in [7, 11) is 0. The van der Waals surface area contributed by atoms with Gasteiger partial charge in [-0.25, -0.2) is 0 Å². The Morgan fingerprint density at radius 3 is 2.61 bits per heavy atom. The number of rotatable bonds is 4. The first-order valence-corrected chi connectivity index (χ1v) is 6.35. The van der Waals surface area contributed by atoms with Crippen LogP contribution in [0.4, 0.5) is 5.69 Å². The average Bonchev–Trinajstić information content (AvgIpc) is 2.35. The van der Waals surface area contributed by atoms with Crippen molar-refractivity contribution in [2.24, 2.45) is 0 Å². The van der Waals surface area contributed by atoms with E-state index in [-0.39, 0.29) is 5.02 Å². The van der Waals surface area contributed by atoms with Gasteiger partial charge in [0.2, 0.25) is 0 Å². The summed E-state index contributed by atoms with van der Waals surface area (Å²) in [5, 5.41) is 5.46. The molecule has 4 nitrogen and oxygen atoms in total. The Labute approximate surface area is 116 Å². The molecule has 0 unspecified atom stereocenters. The summed E-state index contributed by atoms with van der Waals surface area (Å²) in [5.74, 6) is -1.44. The van der Waals surface area contributed by atoms with E-state index in [1.54, 1.807) is 18.2 Å². The van der Waals surface area contributed by atoms with E-state index >= 15 is 0 Å². The van der Waals surface area contributed by atoms with Crippen LogP contribution >= 0.6 is 23.2 Å². The van der Waals surface area contributed by atoms with Crippen molar-refractivity contribution in [3.05, 3.63) is 28.2 Å². The first-order chi connectivity index (χ1) is 8.56. The highest BCUT2D eigenvalue weighted by Gasteiger charge is 2.15. The first kappa shape index (κ1) is 14.8. The second-order valence-corrected chi connectivity index (χ2v) is 4.45. The third kappa shape index (κ3) is 4.20. The summed E-state index contributed by atoms with van der Waals surface area (Å²) < 4.78 is 0. The molecule has 0 bridgehead atoms. The molecular weight excluding hydrogens is 275 g/mol. The molecule has 6 heteroatoms. The Balaban J connectivity index is 2.59. The van der Waals surface area contributed by atoms with E-state index in [0.717, 1.165) is 12.8 Å². The molecule has 0 radical (unpaired) electrons. The zero-order valence-electron chi connectivity index (χ0n) is 9.93. The fraction of sp³-hybridized carbons (Fsp3) is 0.333. The molecule has 0 aliphatic heterocycles. The summed E-state index contributed by atoms with van der Waals surface area (Å²) >= 11 is 11.7. The van der Waals surface area contributed by atoms with Gasteiger partial charge < -0.3 is 10.6 Å². The Morgan fingerprint density at radius 1 is 1.22 bits per heavy atom. The fourth-order valence-electron chi connectivity index (χ4n) is 1.24. The Hall–Kier alpha value is -1.26. The standard InChI is InChI=1S/C12H14Cl2N2O2/c1-2-3-7-15-11(17)12(18)16-9-6-4-5-8(13)10(9)14/h4-6H,2-3,7H2,1H3,(H,15,17)(H,16,18). The van der Waals surface area contributed by atoms with Crippen molar-refractivity contribution in [1.29, 1.82) is 0 Å². The van der Waals surface area contributed by atoms with Crippen LogP contribution in [-0.4, -0.2) is 18.4 Å². The topological polar surface area (TPSA) is 58.2 Å². The van der Waals surface area contributed by atoms with Crippen LogP contribution in [0.15, 0.2) is 18.2 Å². The maximum Gasteiger partial charge on any atom is 0.313 e. The van der Waals surface area contributed by atoms with Gasteiger partial charge in [0.05, 0.1) is 15.7 Å². The minimum atomic E-state index is -0.754. The number of anilines is 1. The van der Waals surface area contributed by atoms with Crippen molar-refractivity contribution in [2.75, 3.05) is 11.9 Å². The maximum atomic E-state index is 11.5. The first-order valence-electron chi connectivity index (χ1n) is 5.59. The van der Waals surface area contributed by atoms with Gasteiger partial charge in [0, 0.05) is 6.54 Å². The number of nitrogens with one attached hydrogen (secondary N) is 2. The van der Waals surface area contributed by atoms with Crippen molar-refractivity contribution < 1.29 is 9.59 Å². The molecule has 0 aliphatic carbocycles. The maximum absolute atomic E-state index is 11.5. The number of amides is 2. The molecule has 0 aromatic heterocycles. The Bertz CT molecular complexity index is 450. The van der Waals surface area contributed by atoms with Crippen molar-refractivity contribution in [1.82, 2.24) is 5.32 Å². The molecule has 2 N–H and O–H groups in total. The zero-order chi connectivity index (χ0) is 13.5. The molecule has 0 aliphatic rings. The molecule has 0 fully saturated rings. The van der Waals surface area contributed by atoms with Gasteiger partial charge in [0.1, 0.15) is 0 Å². The van der Waals surface area contributed by atoms with Crippen LogP contribution in [0.25, 0.3) is 0 Å². The largest absolute Gasteiger partial charge is 0.348 e. The van der Waals surface area contributed by atoms with Crippen LogP contribution in [0.1, 0.15) is 19.8 Å². The van der Waals surface area contributed by atoms with E-state index in [2.05, 4.69) is 10.6 Å². The van der Waals surface area contributed by atoms with E-state index in [0.29, 0.717) is 17.3 Å². The number of unbranched alkanes of at least 4 members (excludes halogenated alkanes) is 1. The van der Waals surface area contributed by atoms with Crippen molar-refractivity contribution in [3.8, 4) is 0 Å². The van der Waals surface area contributed by atoms with Crippen molar-refractivity contribution >= 4 is 40.7 Å². The van der Waals surface area contributed by atoms with Crippen molar-refractivity contribution in [2.45, 2.75) is 19.8 Å². The quantitative estimate of drug-likeness (QED) is 0.661. The van der Waals surface area contributed by atoms with Gasteiger partial charge in [0.25, 0.3) is 0 Å². The van der Waals surface area contributed by atoms with E-state index in [9.17, 15) is 9.59 Å². The van der Waals surface area contributed by atoms with Gasteiger partial charge in [-0.2, -0.15) is 0 Å². The van der Waals surface area contributed by atoms with Crippen LogP contribution in [0.5, 0.6) is 0 Å². The number of carbonyl (C=O) groups is 2. The summed E-state index contributed by atoms with van der Waals surface area (Å²) in [4.78, 5) is 23.0. The second kappa shape index (κ2) is 7.24. The Morgan fingerprint density at radius 2 is 1.94 bits per heavy atom. The van der Waals surface area contributed by atoms with Gasteiger partial charge in [-0.3, -0.25) is 9.59 Å². The lowest BCUT2D eigenvalue weighted by Gasteiger charge is -2.08. The molecule has 0 saturated heterocycles. The van der Waals surface area contributed by atoms with E-state index < -0.39 is 11.8 Å². The SMILES string of the molecule is CCCCNC(=O)C(=O)Nc1cccc(Cl)c1Cl. The molecule has 98 valence electrons. The number of halogens is 2. The highest BCUT2D eigenvalue weighted by molar-refractivity contribution is 6.45. The molecule has 1 rings (SSSR count). The summed E-state index contributed by atoms with van der Waals surface area (Å²) in [6, 6.07) is 4.81. The molecule has 1 aromatic carbocycles. The minimum absolute atomic E-state index is 0.217. The molecule has 0 heterocycles.